The van der Waals surface area contributed by atoms with Crippen molar-refractivity contribution in [1.29, 1.82) is 0 Å². The molecule has 0 saturated carbocycles. The fraction of sp³-hybridized carbons (Fsp3) is 0.150. The molecule has 0 radical (unpaired) electrons. The van der Waals surface area contributed by atoms with Gasteiger partial charge in [-0.2, -0.15) is 0 Å². The van der Waals surface area contributed by atoms with E-state index in [4.69, 9.17) is 4.74 Å². The van der Waals surface area contributed by atoms with Crippen molar-refractivity contribution in [3.05, 3.63) is 66.2 Å². The zero-order valence-electron chi connectivity index (χ0n) is 14.4. The van der Waals surface area contributed by atoms with E-state index >= 15 is 0 Å². The van der Waals surface area contributed by atoms with Crippen molar-refractivity contribution in [1.82, 2.24) is 10.3 Å². The zero-order valence-corrected chi connectivity index (χ0v) is 14.4. The second kappa shape index (κ2) is 8.11. The number of para-hydroxylation sites is 2. The third-order valence-corrected chi connectivity index (χ3v) is 3.71. The molecule has 132 valence electrons. The molecule has 0 bridgehead atoms. The minimum Gasteiger partial charge on any atom is -0.493 e. The van der Waals surface area contributed by atoms with Crippen molar-refractivity contribution in [3.63, 3.8) is 0 Å². The molecule has 0 aliphatic rings. The average molecular weight is 349 g/mol. The number of fused-ring (bicyclic) bond motifs is 1. The number of carbonyl (C=O) groups excluding carboxylic acids is 2. The summed E-state index contributed by atoms with van der Waals surface area (Å²) in [5, 5.41) is 6.27. The summed E-state index contributed by atoms with van der Waals surface area (Å²) in [4.78, 5) is 28.8. The second-order valence-corrected chi connectivity index (χ2v) is 5.55. The van der Waals surface area contributed by atoms with Crippen molar-refractivity contribution in [2.45, 2.75) is 6.92 Å². The van der Waals surface area contributed by atoms with Gasteiger partial charge in [0.25, 0.3) is 5.91 Å². The summed E-state index contributed by atoms with van der Waals surface area (Å²) in [5.74, 6) is 0.215. The minimum absolute atomic E-state index is 0.159. The first-order chi connectivity index (χ1) is 12.7. The topological polar surface area (TPSA) is 80.3 Å². The van der Waals surface area contributed by atoms with E-state index in [-0.39, 0.29) is 18.4 Å². The quantitative estimate of drug-likeness (QED) is 0.717. The van der Waals surface area contributed by atoms with Crippen molar-refractivity contribution in [2.24, 2.45) is 0 Å². The lowest BCUT2D eigenvalue weighted by Gasteiger charge is -2.10. The number of nitrogens with one attached hydrogen (secondary N) is 2. The van der Waals surface area contributed by atoms with Gasteiger partial charge < -0.3 is 15.4 Å². The first-order valence-electron chi connectivity index (χ1n) is 8.33. The highest BCUT2D eigenvalue weighted by Crippen LogP contribution is 2.17. The smallest absolute Gasteiger partial charge is 0.255 e. The van der Waals surface area contributed by atoms with Gasteiger partial charge in [-0.1, -0.05) is 30.3 Å². The van der Waals surface area contributed by atoms with Crippen LogP contribution in [0.1, 0.15) is 17.3 Å². The lowest BCUT2D eigenvalue weighted by atomic mass is 10.2. The summed E-state index contributed by atoms with van der Waals surface area (Å²) in [6.07, 6.45) is 0. The van der Waals surface area contributed by atoms with Crippen LogP contribution >= 0.6 is 0 Å². The number of anilines is 1. The summed E-state index contributed by atoms with van der Waals surface area (Å²) in [7, 11) is 0. The highest BCUT2D eigenvalue weighted by Gasteiger charge is 2.13. The Morgan fingerprint density at radius 1 is 1.00 bits per heavy atom. The molecule has 2 amide bonds. The van der Waals surface area contributed by atoms with Crippen LogP contribution in [0.4, 0.5) is 5.82 Å². The Balaban J connectivity index is 1.60. The zero-order chi connectivity index (χ0) is 18.4. The van der Waals surface area contributed by atoms with Crippen LogP contribution in [0.25, 0.3) is 10.9 Å². The van der Waals surface area contributed by atoms with Gasteiger partial charge in [-0.15, -0.1) is 0 Å². The van der Waals surface area contributed by atoms with Gasteiger partial charge in [-0.05, 0) is 37.3 Å². The van der Waals surface area contributed by atoms with Crippen molar-refractivity contribution >= 4 is 28.5 Å². The highest BCUT2D eigenvalue weighted by atomic mass is 16.5. The maximum absolute atomic E-state index is 12.3. The molecule has 1 aromatic heterocycles. The third kappa shape index (κ3) is 4.16. The monoisotopic (exact) mass is 349 g/mol. The molecule has 3 rings (SSSR count). The molecule has 2 aromatic carbocycles. The Labute approximate surface area is 151 Å². The van der Waals surface area contributed by atoms with E-state index in [0.29, 0.717) is 23.7 Å². The number of nitrogens with zero attached hydrogens (tertiary/aromatic N) is 1. The van der Waals surface area contributed by atoms with Crippen LogP contribution in [-0.2, 0) is 4.79 Å². The maximum atomic E-state index is 12.3. The molecule has 6 nitrogen and oxygen atoms in total. The van der Waals surface area contributed by atoms with E-state index in [1.54, 1.807) is 30.3 Å². The molecule has 6 heteroatoms. The number of hydrogen-bond acceptors (Lipinski definition) is 4. The van der Waals surface area contributed by atoms with E-state index in [2.05, 4.69) is 15.6 Å². The van der Waals surface area contributed by atoms with Gasteiger partial charge >= 0.3 is 0 Å². The van der Waals surface area contributed by atoms with Gasteiger partial charge in [0, 0.05) is 5.39 Å². The van der Waals surface area contributed by atoms with Crippen LogP contribution in [0.15, 0.2) is 60.7 Å². The molecule has 3 aromatic rings. The number of benzene rings is 2. The Kier molecular flexibility index (Phi) is 5.43. The van der Waals surface area contributed by atoms with E-state index < -0.39 is 0 Å². The van der Waals surface area contributed by atoms with Gasteiger partial charge in [0.15, 0.2) is 0 Å². The van der Waals surface area contributed by atoms with Gasteiger partial charge in [0.05, 0.1) is 24.2 Å². The fourth-order valence-electron chi connectivity index (χ4n) is 2.51. The Hall–Kier alpha value is -3.41. The molecular weight excluding hydrogens is 330 g/mol. The number of carbonyl (C=O) groups is 2. The van der Waals surface area contributed by atoms with E-state index in [0.717, 1.165) is 10.9 Å². The minimum atomic E-state index is -0.365. The largest absolute Gasteiger partial charge is 0.493 e. The molecule has 0 spiro atoms. The SMILES string of the molecule is CCOc1ccccc1C(=O)NCC(=O)Nc1ccc2ccccc2n1. The fourth-order valence-corrected chi connectivity index (χ4v) is 2.51. The summed E-state index contributed by atoms with van der Waals surface area (Å²) in [6.45, 7) is 2.14. The normalized spacial score (nSPS) is 10.3. The van der Waals surface area contributed by atoms with Crippen LogP contribution in [0.5, 0.6) is 5.75 Å². The molecular formula is C20H19N3O3. The van der Waals surface area contributed by atoms with Gasteiger partial charge in [-0.3, -0.25) is 9.59 Å². The number of amides is 2. The average Bonchev–Trinajstić information content (AvgIpc) is 2.67. The molecule has 0 atom stereocenters. The van der Waals surface area contributed by atoms with Crippen LogP contribution in [0.3, 0.4) is 0 Å². The summed E-state index contributed by atoms with van der Waals surface area (Å²) in [5.41, 5.74) is 1.19. The Bertz CT molecular complexity index is 940. The molecule has 0 aliphatic heterocycles. The summed E-state index contributed by atoms with van der Waals surface area (Å²) in [6, 6.07) is 18.2. The highest BCUT2D eigenvalue weighted by molar-refractivity contribution is 6.00. The van der Waals surface area contributed by atoms with Crippen molar-refractivity contribution < 1.29 is 14.3 Å². The summed E-state index contributed by atoms with van der Waals surface area (Å²) < 4.78 is 5.43. The van der Waals surface area contributed by atoms with Crippen LogP contribution in [-0.4, -0.2) is 29.9 Å². The second-order valence-electron chi connectivity index (χ2n) is 5.55. The molecule has 0 unspecified atom stereocenters. The number of ether oxygens (including phenoxy) is 1. The maximum Gasteiger partial charge on any atom is 0.255 e. The summed E-state index contributed by atoms with van der Waals surface area (Å²) >= 11 is 0. The predicted octanol–water partition coefficient (Wildman–Crippen LogP) is 3.00. The molecule has 2 N–H and O–H groups in total. The van der Waals surface area contributed by atoms with Crippen LogP contribution in [0.2, 0.25) is 0 Å². The lowest BCUT2D eigenvalue weighted by molar-refractivity contribution is -0.115. The number of aromatic nitrogens is 1. The van der Waals surface area contributed by atoms with E-state index in [9.17, 15) is 9.59 Å². The first-order valence-corrected chi connectivity index (χ1v) is 8.33. The predicted molar refractivity (Wildman–Crippen MR) is 100 cm³/mol. The van der Waals surface area contributed by atoms with Crippen molar-refractivity contribution in [3.8, 4) is 5.75 Å². The van der Waals surface area contributed by atoms with Gasteiger partial charge in [0.2, 0.25) is 5.91 Å². The molecule has 26 heavy (non-hydrogen) atoms. The standard InChI is InChI=1S/C20H19N3O3/c1-2-26-17-10-6-4-8-15(17)20(25)21-13-19(24)23-18-12-11-14-7-3-5-9-16(14)22-18/h3-12H,2,13H2,1H3,(H,21,25)(H,22,23,24). The van der Waals surface area contributed by atoms with Gasteiger partial charge in [-0.25, -0.2) is 4.98 Å². The van der Waals surface area contributed by atoms with Gasteiger partial charge in [0.1, 0.15) is 11.6 Å². The molecule has 0 saturated heterocycles. The lowest BCUT2D eigenvalue weighted by Crippen LogP contribution is -2.33. The van der Waals surface area contributed by atoms with Crippen LogP contribution < -0.4 is 15.4 Å². The Morgan fingerprint density at radius 3 is 2.62 bits per heavy atom. The third-order valence-electron chi connectivity index (χ3n) is 3.71. The first kappa shape index (κ1) is 17.4. The van der Waals surface area contributed by atoms with E-state index in [1.807, 2.05) is 37.3 Å². The molecule has 0 fully saturated rings. The Morgan fingerprint density at radius 2 is 1.77 bits per heavy atom. The number of hydrogen-bond donors (Lipinski definition) is 2. The van der Waals surface area contributed by atoms with Crippen LogP contribution in [0, 0.1) is 0 Å². The van der Waals surface area contributed by atoms with E-state index in [1.165, 1.54) is 0 Å². The number of pyridine rings is 1. The number of rotatable bonds is 6. The molecule has 1 heterocycles. The molecule has 0 aliphatic carbocycles. The van der Waals surface area contributed by atoms with Crippen molar-refractivity contribution in [2.75, 3.05) is 18.5 Å².